The predicted molar refractivity (Wildman–Crippen MR) is 106 cm³/mol. The zero-order valence-electron chi connectivity index (χ0n) is 17.0. The minimum absolute atomic E-state index is 0.0312. The standard InChI is InChI=1S/C24H19F7O/c1-2-3-14-4-6-15(7-5-14)8-9-24(30,31)32-17-12-18(25)22(19(26)13-17)16-10-20(27)23(29)21(28)11-16/h4-7,10-13H,2-3,8-9H2,1H3. The van der Waals surface area contributed by atoms with Gasteiger partial charge in [-0.3, -0.25) is 0 Å². The molecule has 0 aliphatic rings. The smallest absolute Gasteiger partial charge is 0.398 e. The van der Waals surface area contributed by atoms with Gasteiger partial charge in [0.25, 0.3) is 0 Å². The normalized spacial score (nSPS) is 11.6. The molecule has 0 radical (unpaired) electrons. The van der Waals surface area contributed by atoms with E-state index in [0.717, 1.165) is 18.4 Å². The van der Waals surface area contributed by atoms with Crippen molar-refractivity contribution in [3.8, 4) is 16.9 Å². The average Bonchev–Trinajstić information content (AvgIpc) is 2.71. The minimum Gasteiger partial charge on any atom is -0.432 e. The molecule has 8 heteroatoms. The largest absolute Gasteiger partial charge is 0.432 e. The van der Waals surface area contributed by atoms with E-state index in [1.54, 1.807) is 12.1 Å². The van der Waals surface area contributed by atoms with Crippen LogP contribution in [0.1, 0.15) is 30.9 Å². The van der Waals surface area contributed by atoms with Gasteiger partial charge >= 0.3 is 6.11 Å². The number of aryl methyl sites for hydroxylation is 2. The molecule has 0 aliphatic heterocycles. The van der Waals surface area contributed by atoms with Gasteiger partial charge in [-0.05, 0) is 41.7 Å². The van der Waals surface area contributed by atoms with E-state index >= 15 is 0 Å². The molecule has 0 amide bonds. The summed E-state index contributed by atoms with van der Waals surface area (Å²) in [5.41, 5.74) is 0.222. The number of ether oxygens (including phenoxy) is 1. The molecule has 3 aromatic rings. The average molecular weight is 456 g/mol. The van der Waals surface area contributed by atoms with E-state index in [4.69, 9.17) is 0 Å². The van der Waals surface area contributed by atoms with Crippen molar-refractivity contribution < 1.29 is 35.5 Å². The van der Waals surface area contributed by atoms with Crippen molar-refractivity contribution in [1.29, 1.82) is 0 Å². The maximum atomic E-state index is 14.4. The van der Waals surface area contributed by atoms with Crippen LogP contribution in [0.4, 0.5) is 30.7 Å². The number of hydrogen-bond donors (Lipinski definition) is 0. The Kier molecular flexibility index (Phi) is 7.11. The van der Waals surface area contributed by atoms with E-state index < -0.39 is 58.5 Å². The van der Waals surface area contributed by atoms with Crippen LogP contribution in [0.15, 0.2) is 48.5 Å². The Labute approximate surface area is 180 Å². The van der Waals surface area contributed by atoms with Crippen LogP contribution in [0.3, 0.4) is 0 Å². The lowest BCUT2D eigenvalue weighted by Gasteiger charge is -2.19. The Morgan fingerprint density at radius 2 is 1.22 bits per heavy atom. The van der Waals surface area contributed by atoms with Crippen molar-refractivity contribution in [2.24, 2.45) is 0 Å². The summed E-state index contributed by atoms with van der Waals surface area (Å²) in [5, 5.41) is 0. The molecule has 0 fully saturated rings. The molecule has 0 spiro atoms. The van der Waals surface area contributed by atoms with Crippen LogP contribution in [-0.2, 0) is 12.8 Å². The molecular formula is C24H19F7O. The second kappa shape index (κ2) is 9.63. The lowest BCUT2D eigenvalue weighted by atomic mass is 10.0. The zero-order valence-corrected chi connectivity index (χ0v) is 17.0. The van der Waals surface area contributed by atoms with Crippen LogP contribution in [-0.4, -0.2) is 6.11 Å². The first-order chi connectivity index (χ1) is 15.1. The topological polar surface area (TPSA) is 9.23 Å². The summed E-state index contributed by atoms with van der Waals surface area (Å²) in [7, 11) is 0. The molecule has 0 N–H and O–H groups in total. The number of alkyl halides is 2. The molecular weight excluding hydrogens is 437 g/mol. The highest BCUT2D eigenvalue weighted by atomic mass is 19.3. The van der Waals surface area contributed by atoms with Gasteiger partial charge in [-0.2, -0.15) is 8.78 Å². The number of halogens is 7. The molecule has 0 heterocycles. The highest BCUT2D eigenvalue weighted by molar-refractivity contribution is 5.66. The van der Waals surface area contributed by atoms with E-state index in [9.17, 15) is 30.7 Å². The first kappa shape index (κ1) is 23.6. The summed E-state index contributed by atoms with van der Waals surface area (Å²) in [6.45, 7) is 2.03. The number of benzene rings is 3. The molecule has 0 saturated heterocycles. The molecule has 3 rings (SSSR count). The van der Waals surface area contributed by atoms with Crippen LogP contribution >= 0.6 is 0 Å². The fourth-order valence-electron chi connectivity index (χ4n) is 3.26. The van der Waals surface area contributed by atoms with Gasteiger partial charge < -0.3 is 4.74 Å². The van der Waals surface area contributed by atoms with E-state index in [0.29, 0.717) is 29.8 Å². The Morgan fingerprint density at radius 3 is 1.72 bits per heavy atom. The molecule has 0 atom stereocenters. The van der Waals surface area contributed by atoms with E-state index in [1.807, 2.05) is 19.1 Å². The summed E-state index contributed by atoms with van der Waals surface area (Å²) < 4.78 is 102. The molecule has 32 heavy (non-hydrogen) atoms. The number of hydrogen-bond acceptors (Lipinski definition) is 1. The van der Waals surface area contributed by atoms with Crippen LogP contribution in [0.5, 0.6) is 5.75 Å². The summed E-state index contributed by atoms with van der Waals surface area (Å²) in [6.07, 6.45) is -2.65. The van der Waals surface area contributed by atoms with Crippen molar-refractivity contribution in [3.63, 3.8) is 0 Å². The second-order valence-corrected chi connectivity index (χ2v) is 7.32. The summed E-state index contributed by atoms with van der Waals surface area (Å²) >= 11 is 0. The Hall–Kier alpha value is -3.03. The van der Waals surface area contributed by atoms with Crippen molar-refractivity contribution in [3.05, 3.63) is 88.7 Å². The predicted octanol–water partition coefficient (Wildman–Crippen LogP) is 7.61. The zero-order chi connectivity index (χ0) is 23.5. The van der Waals surface area contributed by atoms with Gasteiger partial charge in [0.1, 0.15) is 17.4 Å². The van der Waals surface area contributed by atoms with E-state index in [1.165, 1.54) is 0 Å². The summed E-state index contributed by atoms with van der Waals surface area (Å²) in [4.78, 5) is 0. The Balaban J connectivity index is 1.74. The first-order valence-electron chi connectivity index (χ1n) is 9.88. The molecule has 0 saturated carbocycles. The van der Waals surface area contributed by atoms with Crippen LogP contribution in [0.25, 0.3) is 11.1 Å². The highest BCUT2D eigenvalue weighted by Crippen LogP contribution is 2.34. The third kappa shape index (κ3) is 5.60. The third-order valence-corrected chi connectivity index (χ3v) is 4.82. The maximum Gasteiger partial charge on any atom is 0.398 e. The lowest BCUT2D eigenvalue weighted by Crippen LogP contribution is -2.25. The first-order valence-corrected chi connectivity index (χ1v) is 9.88. The third-order valence-electron chi connectivity index (χ3n) is 4.82. The van der Waals surface area contributed by atoms with Gasteiger partial charge in [-0.1, -0.05) is 37.6 Å². The van der Waals surface area contributed by atoms with Crippen molar-refractivity contribution in [2.45, 2.75) is 38.7 Å². The highest BCUT2D eigenvalue weighted by Gasteiger charge is 2.32. The van der Waals surface area contributed by atoms with Gasteiger partial charge in [0, 0.05) is 12.1 Å². The monoisotopic (exact) mass is 456 g/mol. The van der Waals surface area contributed by atoms with Crippen LogP contribution < -0.4 is 4.74 Å². The van der Waals surface area contributed by atoms with Crippen molar-refractivity contribution in [1.82, 2.24) is 0 Å². The lowest BCUT2D eigenvalue weighted by molar-refractivity contribution is -0.180. The van der Waals surface area contributed by atoms with Gasteiger partial charge in [-0.25, -0.2) is 22.0 Å². The minimum atomic E-state index is -3.73. The van der Waals surface area contributed by atoms with Gasteiger partial charge in [0.05, 0.1) is 12.0 Å². The summed E-state index contributed by atoms with van der Waals surface area (Å²) in [5.74, 6) is -8.67. The van der Waals surface area contributed by atoms with Crippen molar-refractivity contribution in [2.75, 3.05) is 0 Å². The molecule has 0 aliphatic carbocycles. The fraction of sp³-hybridized carbons (Fsp3) is 0.250. The van der Waals surface area contributed by atoms with Gasteiger partial charge in [0.15, 0.2) is 17.5 Å². The maximum absolute atomic E-state index is 14.4. The fourth-order valence-corrected chi connectivity index (χ4v) is 3.26. The van der Waals surface area contributed by atoms with Crippen molar-refractivity contribution >= 4 is 0 Å². The van der Waals surface area contributed by atoms with E-state index in [-0.39, 0.29) is 6.42 Å². The van der Waals surface area contributed by atoms with Crippen LogP contribution in [0.2, 0.25) is 0 Å². The molecule has 170 valence electrons. The Bertz CT molecular complexity index is 1050. The molecule has 3 aromatic carbocycles. The van der Waals surface area contributed by atoms with Gasteiger partial charge in [-0.15, -0.1) is 0 Å². The molecule has 0 bridgehead atoms. The Morgan fingerprint density at radius 1 is 0.719 bits per heavy atom. The second-order valence-electron chi connectivity index (χ2n) is 7.32. The van der Waals surface area contributed by atoms with Gasteiger partial charge in [0.2, 0.25) is 0 Å². The van der Waals surface area contributed by atoms with E-state index in [2.05, 4.69) is 4.74 Å². The van der Waals surface area contributed by atoms with Crippen LogP contribution in [0, 0.1) is 29.1 Å². The summed E-state index contributed by atoms with van der Waals surface area (Å²) in [6, 6.07) is 8.93. The SMILES string of the molecule is CCCc1ccc(CCC(F)(F)Oc2cc(F)c(-c3cc(F)c(F)c(F)c3)c(F)c2)cc1. The number of rotatable bonds is 8. The molecule has 1 nitrogen and oxygen atoms in total. The molecule has 0 aromatic heterocycles. The quantitative estimate of drug-likeness (QED) is 0.250. The molecule has 0 unspecified atom stereocenters.